The molecule has 2 nitrogen and oxygen atoms in total. The summed E-state index contributed by atoms with van der Waals surface area (Å²) in [4.78, 5) is 12.4. The van der Waals surface area contributed by atoms with Crippen LogP contribution in [0.1, 0.15) is 63.0 Å². The molecule has 0 amide bonds. The van der Waals surface area contributed by atoms with E-state index in [2.05, 4.69) is 19.9 Å². The van der Waals surface area contributed by atoms with Crippen molar-refractivity contribution < 1.29 is 9.90 Å². The van der Waals surface area contributed by atoms with E-state index in [1.807, 2.05) is 6.07 Å². The summed E-state index contributed by atoms with van der Waals surface area (Å²) in [6.07, 6.45) is 6.65. The third-order valence-corrected chi connectivity index (χ3v) is 5.74. The molecule has 1 aromatic rings. The number of phenolic OH excluding ortho intramolecular Hbond substituents is 1. The fourth-order valence-corrected chi connectivity index (χ4v) is 4.61. The summed E-state index contributed by atoms with van der Waals surface area (Å²) >= 11 is 0. The number of ketones is 1. The molecule has 2 heteroatoms. The van der Waals surface area contributed by atoms with Gasteiger partial charge >= 0.3 is 0 Å². The van der Waals surface area contributed by atoms with Gasteiger partial charge in [0.2, 0.25) is 0 Å². The molecule has 4 atom stereocenters. The molecule has 21 heavy (non-hydrogen) atoms. The summed E-state index contributed by atoms with van der Waals surface area (Å²) in [7, 11) is 0. The number of hydrogen-bond donors (Lipinski definition) is 1. The molecule has 0 spiro atoms. The highest BCUT2D eigenvalue weighted by molar-refractivity contribution is 5.83. The predicted molar refractivity (Wildman–Crippen MR) is 84.5 cm³/mol. The van der Waals surface area contributed by atoms with Crippen molar-refractivity contribution in [2.45, 2.75) is 58.3 Å². The molecule has 1 aromatic carbocycles. The first-order valence-corrected chi connectivity index (χ1v) is 8.46. The van der Waals surface area contributed by atoms with Crippen LogP contribution in [0.25, 0.3) is 0 Å². The molecule has 114 valence electrons. The fraction of sp³-hybridized carbons (Fsp3) is 0.632. The summed E-state index contributed by atoms with van der Waals surface area (Å²) in [6.45, 7) is 4.34. The quantitative estimate of drug-likeness (QED) is 0.891. The van der Waals surface area contributed by atoms with E-state index in [0.717, 1.165) is 12.8 Å². The largest absolute Gasteiger partial charge is 0.508 e. The molecule has 0 heterocycles. The Bertz CT molecular complexity index is 534. The van der Waals surface area contributed by atoms with Crippen LogP contribution < -0.4 is 0 Å². The number of aryl methyl sites for hydroxylation is 1. The van der Waals surface area contributed by atoms with Crippen molar-refractivity contribution in [3.8, 4) is 5.75 Å². The van der Waals surface area contributed by atoms with Gasteiger partial charge in [-0.3, -0.25) is 4.79 Å². The highest BCUT2D eigenvalue weighted by Gasteiger charge is 2.44. The number of carbonyl (C=O) groups excluding carboxylic acids is 1. The van der Waals surface area contributed by atoms with Crippen LogP contribution in [0, 0.1) is 17.8 Å². The van der Waals surface area contributed by atoms with Crippen LogP contribution >= 0.6 is 0 Å². The van der Waals surface area contributed by atoms with Crippen molar-refractivity contribution in [3.63, 3.8) is 0 Å². The van der Waals surface area contributed by atoms with Crippen molar-refractivity contribution in [2.75, 3.05) is 0 Å². The van der Waals surface area contributed by atoms with Crippen molar-refractivity contribution in [3.05, 3.63) is 29.3 Å². The number of unbranched alkanes of at least 4 members (excludes halogenated alkanes) is 1. The minimum Gasteiger partial charge on any atom is -0.508 e. The van der Waals surface area contributed by atoms with E-state index in [4.69, 9.17) is 0 Å². The summed E-state index contributed by atoms with van der Waals surface area (Å²) in [5, 5.41) is 9.70. The van der Waals surface area contributed by atoms with Gasteiger partial charge in [0.25, 0.3) is 0 Å². The molecule has 2 aliphatic carbocycles. The van der Waals surface area contributed by atoms with Crippen LogP contribution in [0.2, 0.25) is 0 Å². The first-order valence-electron chi connectivity index (χ1n) is 8.46. The van der Waals surface area contributed by atoms with Gasteiger partial charge in [0.1, 0.15) is 11.5 Å². The van der Waals surface area contributed by atoms with E-state index >= 15 is 0 Å². The van der Waals surface area contributed by atoms with E-state index in [0.29, 0.717) is 29.3 Å². The van der Waals surface area contributed by atoms with Crippen molar-refractivity contribution in [1.82, 2.24) is 0 Å². The van der Waals surface area contributed by atoms with Gasteiger partial charge in [-0.2, -0.15) is 0 Å². The van der Waals surface area contributed by atoms with Crippen molar-refractivity contribution in [1.29, 1.82) is 0 Å². The van der Waals surface area contributed by atoms with Crippen LogP contribution in [0.3, 0.4) is 0 Å². The lowest BCUT2D eigenvalue weighted by Gasteiger charge is -2.45. The van der Waals surface area contributed by atoms with Gasteiger partial charge in [0, 0.05) is 12.3 Å². The second kappa shape index (κ2) is 5.82. The SMILES string of the molecule is CCCC[C@H]1CC(=O)C(C)C2c3ccc(O)cc3CCC21. The second-order valence-corrected chi connectivity index (χ2v) is 6.97. The molecule has 0 aromatic heterocycles. The van der Waals surface area contributed by atoms with Crippen LogP contribution in [0.15, 0.2) is 18.2 Å². The lowest BCUT2D eigenvalue weighted by molar-refractivity contribution is -0.128. The van der Waals surface area contributed by atoms with Gasteiger partial charge in [-0.25, -0.2) is 0 Å². The maximum Gasteiger partial charge on any atom is 0.136 e. The number of fused-ring (bicyclic) bond motifs is 3. The zero-order chi connectivity index (χ0) is 15.0. The Morgan fingerprint density at radius 2 is 2.14 bits per heavy atom. The van der Waals surface area contributed by atoms with Crippen LogP contribution in [-0.2, 0) is 11.2 Å². The number of hydrogen-bond acceptors (Lipinski definition) is 2. The molecule has 0 aliphatic heterocycles. The average Bonchev–Trinajstić information content (AvgIpc) is 2.48. The molecule has 0 radical (unpaired) electrons. The number of benzene rings is 1. The number of phenols is 1. The Balaban J connectivity index is 1.94. The van der Waals surface area contributed by atoms with E-state index < -0.39 is 0 Å². The summed E-state index contributed by atoms with van der Waals surface area (Å²) in [5.74, 6) is 2.53. The summed E-state index contributed by atoms with van der Waals surface area (Å²) in [6, 6.07) is 5.75. The molecule has 1 saturated carbocycles. The summed E-state index contributed by atoms with van der Waals surface area (Å²) in [5.41, 5.74) is 2.58. The number of Topliss-reactive ketones (excluding diaryl/α,β-unsaturated/α-hetero) is 1. The Labute approximate surface area is 127 Å². The topological polar surface area (TPSA) is 37.3 Å². The molecule has 2 aliphatic rings. The molecule has 1 N–H and O–H groups in total. The highest BCUT2D eigenvalue weighted by Crippen LogP contribution is 2.50. The zero-order valence-corrected chi connectivity index (χ0v) is 13.1. The average molecular weight is 286 g/mol. The minimum atomic E-state index is 0.136. The molecule has 1 fully saturated rings. The van der Waals surface area contributed by atoms with E-state index in [1.165, 1.54) is 36.8 Å². The van der Waals surface area contributed by atoms with Crippen LogP contribution in [-0.4, -0.2) is 10.9 Å². The molecular weight excluding hydrogens is 260 g/mol. The van der Waals surface area contributed by atoms with Crippen molar-refractivity contribution >= 4 is 5.78 Å². The molecule has 0 saturated heterocycles. The number of rotatable bonds is 3. The minimum absolute atomic E-state index is 0.136. The fourth-order valence-electron chi connectivity index (χ4n) is 4.61. The third kappa shape index (κ3) is 2.61. The Hall–Kier alpha value is -1.31. The third-order valence-electron chi connectivity index (χ3n) is 5.74. The Morgan fingerprint density at radius 1 is 1.33 bits per heavy atom. The number of aromatic hydroxyl groups is 1. The first-order chi connectivity index (χ1) is 10.1. The molecule has 0 bridgehead atoms. The zero-order valence-electron chi connectivity index (χ0n) is 13.1. The number of carbonyl (C=O) groups is 1. The summed E-state index contributed by atoms with van der Waals surface area (Å²) < 4.78 is 0. The van der Waals surface area contributed by atoms with Crippen molar-refractivity contribution in [2.24, 2.45) is 17.8 Å². The van der Waals surface area contributed by atoms with Gasteiger partial charge in [-0.15, -0.1) is 0 Å². The van der Waals surface area contributed by atoms with Gasteiger partial charge in [0.05, 0.1) is 0 Å². The maximum absolute atomic E-state index is 12.4. The van der Waals surface area contributed by atoms with E-state index in [9.17, 15) is 9.90 Å². The predicted octanol–water partition coefficient (Wildman–Crippen LogP) is 4.45. The van der Waals surface area contributed by atoms with Gasteiger partial charge in [-0.1, -0.05) is 32.8 Å². The van der Waals surface area contributed by atoms with Crippen LogP contribution in [0.4, 0.5) is 0 Å². The van der Waals surface area contributed by atoms with Gasteiger partial charge in [-0.05, 0) is 60.3 Å². The Morgan fingerprint density at radius 3 is 2.90 bits per heavy atom. The lowest BCUT2D eigenvalue weighted by atomic mass is 9.58. The van der Waals surface area contributed by atoms with E-state index in [-0.39, 0.29) is 5.92 Å². The van der Waals surface area contributed by atoms with Crippen LogP contribution in [0.5, 0.6) is 5.75 Å². The maximum atomic E-state index is 12.4. The second-order valence-electron chi connectivity index (χ2n) is 6.97. The van der Waals surface area contributed by atoms with Gasteiger partial charge < -0.3 is 5.11 Å². The van der Waals surface area contributed by atoms with E-state index in [1.54, 1.807) is 6.07 Å². The molecule has 3 unspecified atom stereocenters. The first kappa shape index (κ1) is 14.6. The lowest BCUT2D eigenvalue weighted by Crippen LogP contribution is -2.40. The monoisotopic (exact) mass is 286 g/mol. The Kier molecular flexibility index (Phi) is 4.05. The highest BCUT2D eigenvalue weighted by atomic mass is 16.3. The smallest absolute Gasteiger partial charge is 0.136 e. The normalized spacial score (nSPS) is 31.6. The molecule has 3 rings (SSSR count). The standard InChI is InChI=1S/C19H26O2/c1-3-4-5-13-11-18(21)12(2)19-16(13)8-6-14-10-15(20)7-9-17(14)19/h7,9-10,12-13,16,19-20H,3-6,8,11H2,1-2H3/t12?,13-,16?,19?/m0/s1. The van der Waals surface area contributed by atoms with Gasteiger partial charge in [0.15, 0.2) is 0 Å². The molecular formula is C19H26O2.